The van der Waals surface area contributed by atoms with Crippen molar-refractivity contribution >= 4 is 11.6 Å². The zero-order chi connectivity index (χ0) is 16.3. The van der Waals surface area contributed by atoms with Gasteiger partial charge in [0.2, 0.25) is 0 Å². The lowest BCUT2D eigenvalue weighted by Crippen LogP contribution is -2.52. The Bertz CT molecular complexity index is 659. The van der Waals surface area contributed by atoms with Crippen molar-refractivity contribution < 1.29 is 14.7 Å². The monoisotopic (exact) mass is 300 g/mol. The van der Waals surface area contributed by atoms with Gasteiger partial charge in [0.05, 0.1) is 0 Å². The van der Waals surface area contributed by atoms with Crippen LogP contribution < -0.4 is 0 Å². The SMILES string of the molecule is CCc1ccc(O)cc1C1C(=O)C2CCC(C)(C1=O)C2(C)C. The predicted molar refractivity (Wildman–Crippen MR) is 84.9 cm³/mol. The predicted octanol–water partition coefficient (Wildman–Crippen LogP) is 3.63. The molecule has 3 unspecified atom stereocenters. The van der Waals surface area contributed by atoms with E-state index in [1.54, 1.807) is 12.1 Å². The fourth-order valence-corrected chi connectivity index (χ4v) is 4.56. The average molecular weight is 300 g/mol. The molecule has 0 heterocycles. The Labute approximate surface area is 131 Å². The highest BCUT2D eigenvalue weighted by Gasteiger charge is 2.64. The molecule has 3 heteroatoms. The summed E-state index contributed by atoms with van der Waals surface area (Å²) in [6.07, 6.45) is 2.33. The van der Waals surface area contributed by atoms with Crippen LogP contribution in [0, 0.1) is 16.7 Å². The molecule has 0 aromatic heterocycles. The molecule has 1 aromatic carbocycles. The molecule has 3 rings (SSSR count). The summed E-state index contributed by atoms with van der Waals surface area (Å²) < 4.78 is 0. The Kier molecular flexibility index (Phi) is 3.24. The zero-order valence-electron chi connectivity index (χ0n) is 13.8. The number of rotatable bonds is 2. The van der Waals surface area contributed by atoms with Crippen molar-refractivity contribution in [3.8, 4) is 5.75 Å². The Morgan fingerprint density at radius 1 is 1.23 bits per heavy atom. The molecular formula is C19H24O3. The number of ketones is 2. The number of Topliss-reactive ketones (excluding diaryl/α,β-unsaturated/α-hetero) is 2. The summed E-state index contributed by atoms with van der Waals surface area (Å²) >= 11 is 0. The first-order chi connectivity index (χ1) is 10.2. The summed E-state index contributed by atoms with van der Waals surface area (Å²) in [6.45, 7) is 8.14. The second kappa shape index (κ2) is 4.68. The van der Waals surface area contributed by atoms with Gasteiger partial charge in [-0.05, 0) is 47.9 Å². The lowest BCUT2D eigenvalue weighted by atomic mass is 9.54. The molecule has 1 aromatic rings. The molecule has 0 aliphatic heterocycles. The van der Waals surface area contributed by atoms with Crippen molar-refractivity contribution in [3.05, 3.63) is 29.3 Å². The van der Waals surface area contributed by atoms with Crippen LogP contribution in [0.1, 0.15) is 57.6 Å². The van der Waals surface area contributed by atoms with E-state index in [-0.39, 0.29) is 28.6 Å². The number of carbonyl (C=O) groups excluding carboxylic acids is 2. The molecular weight excluding hydrogens is 276 g/mol. The highest BCUT2D eigenvalue weighted by molar-refractivity contribution is 6.14. The van der Waals surface area contributed by atoms with Crippen LogP contribution >= 0.6 is 0 Å². The molecule has 0 saturated heterocycles. The highest BCUT2D eigenvalue weighted by Crippen LogP contribution is 2.62. The molecule has 3 nitrogen and oxygen atoms in total. The van der Waals surface area contributed by atoms with Crippen LogP contribution in [0.2, 0.25) is 0 Å². The standard InChI is InChI=1S/C19H24O3/c1-5-11-6-7-12(20)10-13(11)15-16(21)14-8-9-19(4,17(15)22)18(14,2)3/h6-7,10,14-15,20H,5,8-9H2,1-4H3. The molecule has 0 radical (unpaired) electrons. The van der Waals surface area contributed by atoms with Gasteiger partial charge in [-0.1, -0.05) is 33.8 Å². The zero-order valence-corrected chi connectivity index (χ0v) is 13.8. The smallest absolute Gasteiger partial charge is 0.154 e. The molecule has 2 saturated carbocycles. The van der Waals surface area contributed by atoms with Crippen molar-refractivity contribution in [3.63, 3.8) is 0 Å². The van der Waals surface area contributed by atoms with Crippen molar-refractivity contribution in [2.75, 3.05) is 0 Å². The first-order valence-corrected chi connectivity index (χ1v) is 8.14. The van der Waals surface area contributed by atoms with E-state index >= 15 is 0 Å². The Morgan fingerprint density at radius 3 is 2.55 bits per heavy atom. The number of aromatic hydroxyl groups is 1. The second-order valence-corrected chi connectivity index (χ2v) is 7.58. The van der Waals surface area contributed by atoms with Gasteiger partial charge in [0.1, 0.15) is 11.7 Å². The van der Waals surface area contributed by atoms with Crippen molar-refractivity contribution in [2.24, 2.45) is 16.7 Å². The third-order valence-electron chi connectivity index (χ3n) is 6.48. The van der Waals surface area contributed by atoms with Gasteiger partial charge in [-0.15, -0.1) is 0 Å². The minimum atomic E-state index is -0.701. The van der Waals surface area contributed by atoms with Crippen LogP contribution in [0.15, 0.2) is 18.2 Å². The maximum Gasteiger partial charge on any atom is 0.154 e. The fraction of sp³-hybridized carbons (Fsp3) is 0.579. The molecule has 2 aliphatic rings. The third kappa shape index (κ3) is 1.74. The number of carbonyl (C=O) groups is 2. The van der Waals surface area contributed by atoms with Crippen LogP contribution in [0.3, 0.4) is 0 Å². The summed E-state index contributed by atoms with van der Waals surface area (Å²) in [5, 5.41) is 9.83. The van der Waals surface area contributed by atoms with Gasteiger partial charge >= 0.3 is 0 Å². The topological polar surface area (TPSA) is 54.4 Å². The highest BCUT2D eigenvalue weighted by atomic mass is 16.3. The van der Waals surface area contributed by atoms with Gasteiger partial charge in [-0.3, -0.25) is 9.59 Å². The molecule has 2 bridgehead atoms. The number of aryl methyl sites for hydroxylation is 1. The van der Waals surface area contributed by atoms with E-state index in [0.29, 0.717) is 5.56 Å². The summed E-state index contributed by atoms with van der Waals surface area (Å²) in [7, 11) is 0. The molecule has 0 amide bonds. The van der Waals surface area contributed by atoms with E-state index in [0.717, 1.165) is 24.8 Å². The van der Waals surface area contributed by atoms with Crippen LogP contribution in [0.5, 0.6) is 5.75 Å². The first-order valence-electron chi connectivity index (χ1n) is 8.14. The van der Waals surface area contributed by atoms with Gasteiger partial charge < -0.3 is 5.11 Å². The Morgan fingerprint density at radius 2 is 1.91 bits per heavy atom. The molecule has 2 aliphatic carbocycles. The lowest BCUT2D eigenvalue weighted by molar-refractivity contribution is -0.149. The molecule has 2 fully saturated rings. The average Bonchev–Trinajstić information content (AvgIpc) is 2.64. The van der Waals surface area contributed by atoms with Gasteiger partial charge in [0.15, 0.2) is 11.6 Å². The first kappa shape index (κ1) is 15.3. The number of hydrogen-bond donors (Lipinski definition) is 1. The number of fused-ring (bicyclic) bond motifs is 2. The van der Waals surface area contributed by atoms with E-state index in [1.807, 2.05) is 19.9 Å². The third-order valence-corrected chi connectivity index (χ3v) is 6.48. The number of phenols is 1. The maximum absolute atomic E-state index is 13.2. The van der Waals surface area contributed by atoms with Gasteiger partial charge in [0.25, 0.3) is 0 Å². The summed E-state index contributed by atoms with van der Waals surface area (Å²) in [4.78, 5) is 26.2. The van der Waals surface area contributed by atoms with E-state index < -0.39 is 11.3 Å². The number of phenolic OH excluding ortho intramolecular Hbond substituents is 1. The molecule has 118 valence electrons. The van der Waals surface area contributed by atoms with Crippen LogP contribution in [-0.2, 0) is 16.0 Å². The van der Waals surface area contributed by atoms with Crippen molar-refractivity contribution in [1.29, 1.82) is 0 Å². The van der Waals surface area contributed by atoms with Crippen molar-refractivity contribution in [1.82, 2.24) is 0 Å². The van der Waals surface area contributed by atoms with E-state index in [9.17, 15) is 14.7 Å². The van der Waals surface area contributed by atoms with E-state index in [4.69, 9.17) is 0 Å². The van der Waals surface area contributed by atoms with Gasteiger partial charge in [0, 0.05) is 11.3 Å². The molecule has 1 N–H and O–H groups in total. The van der Waals surface area contributed by atoms with Gasteiger partial charge in [-0.25, -0.2) is 0 Å². The second-order valence-electron chi connectivity index (χ2n) is 7.58. The summed E-state index contributed by atoms with van der Waals surface area (Å²) in [5.74, 6) is -0.559. The minimum absolute atomic E-state index is 0.0385. The van der Waals surface area contributed by atoms with Gasteiger partial charge in [-0.2, -0.15) is 0 Å². The number of hydrogen-bond acceptors (Lipinski definition) is 3. The van der Waals surface area contributed by atoms with E-state index in [1.165, 1.54) is 0 Å². The number of benzene rings is 1. The Balaban J connectivity index is 2.16. The van der Waals surface area contributed by atoms with Crippen molar-refractivity contribution in [2.45, 2.75) is 52.9 Å². The quantitative estimate of drug-likeness (QED) is 0.849. The maximum atomic E-state index is 13.2. The van der Waals surface area contributed by atoms with E-state index in [2.05, 4.69) is 13.8 Å². The largest absolute Gasteiger partial charge is 0.508 e. The Hall–Kier alpha value is -1.64. The van der Waals surface area contributed by atoms with Crippen LogP contribution in [0.25, 0.3) is 0 Å². The molecule has 3 atom stereocenters. The summed E-state index contributed by atoms with van der Waals surface area (Å²) in [6, 6.07) is 5.07. The molecule has 22 heavy (non-hydrogen) atoms. The minimum Gasteiger partial charge on any atom is -0.508 e. The van der Waals surface area contributed by atoms with Crippen LogP contribution in [-0.4, -0.2) is 16.7 Å². The fourth-order valence-electron chi connectivity index (χ4n) is 4.56. The van der Waals surface area contributed by atoms with Crippen LogP contribution in [0.4, 0.5) is 0 Å². The normalized spacial score (nSPS) is 33.3. The summed E-state index contributed by atoms with van der Waals surface area (Å²) in [5.41, 5.74) is 0.964. The lowest BCUT2D eigenvalue weighted by Gasteiger charge is -2.46. The molecule has 0 spiro atoms.